The first-order valence-electron chi connectivity index (χ1n) is 5.02. The van der Waals surface area contributed by atoms with E-state index in [-0.39, 0.29) is 0 Å². The molecule has 3 nitrogen and oxygen atoms in total. The molecule has 0 radical (unpaired) electrons. The van der Waals surface area contributed by atoms with E-state index in [2.05, 4.69) is 21.4 Å². The number of anilines is 1. The van der Waals surface area contributed by atoms with Gasteiger partial charge in [-0.3, -0.25) is 0 Å². The zero-order chi connectivity index (χ0) is 10.8. The predicted octanol–water partition coefficient (Wildman–Crippen LogP) is 2.74. The minimum atomic E-state index is 0.926. The molecule has 3 heteroatoms. The number of nitrogens with one attached hydrogen (secondary N) is 2. The van der Waals surface area contributed by atoms with Gasteiger partial charge in [-0.25, -0.2) is 4.98 Å². The number of para-hydroxylation sites is 1. The first-order chi connectivity index (χ1) is 7.22. The van der Waals surface area contributed by atoms with Crippen LogP contribution in [-0.2, 0) is 0 Å². The predicted molar refractivity (Wildman–Crippen MR) is 63.0 cm³/mol. The molecule has 0 saturated carbocycles. The van der Waals surface area contributed by atoms with Crippen LogP contribution in [0.25, 0.3) is 11.4 Å². The Kier molecular flexibility index (Phi) is 2.46. The smallest absolute Gasteiger partial charge is 0.139 e. The lowest BCUT2D eigenvalue weighted by atomic mass is 10.1. The van der Waals surface area contributed by atoms with E-state index in [1.54, 1.807) is 0 Å². The summed E-state index contributed by atoms with van der Waals surface area (Å²) in [6.07, 6.45) is 0. The molecule has 2 rings (SSSR count). The lowest BCUT2D eigenvalue weighted by Gasteiger charge is -2.05. The maximum Gasteiger partial charge on any atom is 0.139 e. The lowest BCUT2D eigenvalue weighted by Crippen LogP contribution is -1.92. The highest BCUT2D eigenvalue weighted by Gasteiger charge is 2.08. The van der Waals surface area contributed by atoms with Crippen molar-refractivity contribution in [3.8, 4) is 11.4 Å². The average Bonchev–Trinajstić information content (AvgIpc) is 2.59. The van der Waals surface area contributed by atoms with Gasteiger partial charge in [0.2, 0.25) is 0 Å². The molecule has 0 aliphatic carbocycles. The molecule has 0 unspecified atom stereocenters. The van der Waals surface area contributed by atoms with Gasteiger partial charge in [0.25, 0.3) is 0 Å². The second kappa shape index (κ2) is 3.77. The number of aromatic amines is 1. The molecule has 0 saturated heterocycles. The van der Waals surface area contributed by atoms with E-state index in [4.69, 9.17) is 0 Å². The zero-order valence-corrected chi connectivity index (χ0v) is 9.26. The zero-order valence-electron chi connectivity index (χ0n) is 9.26. The highest BCUT2D eigenvalue weighted by atomic mass is 14.9. The minimum absolute atomic E-state index is 0.926. The van der Waals surface area contributed by atoms with Crippen LogP contribution in [0.1, 0.15) is 11.4 Å². The molecule has 2 N–H and O–H groups in total. The maximum atomic E-state index is 4.49. The van der Waals surface area contributed by atoms with E-state index < -0.39 is 0 Å². The van der Waals surface area contributed by atoms with Crippen LogP contribution in [-0.4, -0.2) is 17.0 Å². The summed E-state index contributed by atoms with van der Waals surface area (Å²) in [6.45, 7) is 4.05. The third kappa shape index (κ3) is 1.73. The van der Waals surface area contributed by atoms with Crippen molar-refractivity contribution in [3.05, 3.63) is 35.7 Å². The van der Waals surface area contributed by atoms with E-state index in [1.165, 1.54) is 0 Å². The molecule has 0 atom stereocenters. The van der Waals surface area contributed by atoms with Crippen molar-refractivity contribution in [2.45, 2.75) is 13.8 Å². The number of hydrogen-bond acceptors (Lipinski definition) is 2. The van der Waals surface area contributed by atoms with Gasteiger partial charge < -0.3 is 10.3 Å². The van der Waals surface area contributed by atoms with Gasteiger partial charge in [0, 0.05) is 24.0 Å². The highest BCUT2D eigenvalue weighted by Crippen LogP contribution is 2.25. The Labute approximate surface area is 89.6 Å². The molecule has 0 aliphatic heterocycles. The van der Waals surface area contributed by atoms with E-state index >= 15 is 0 Å². The lowest BCUT2D eigenvalue weighted by molar-refractivity contribution is 1.22. The highest BCUT2D eigenvalue weighted by molar-refractivity contribution is 5.73. The minimum Gasteiger partial charge on any atom is -0.388 e. The van der Waals surface area contributed by atoms with Crippen LogP contribution in [0.15, 0.2) is 24.3 Å². The Hall–Kier alpha value is -1.77. The number of hydrogen-bond donors (Lipinski definition) is 2. The SMILES string of the molecule is CNc1ccccc1-c1nc(C)c(C)[nH]1. The van der Waals surface area contributed by atoms with E-state index in [9.17, 15) is 0 Å². The van der Waals surface area contributed by atoms with Gasteiger partial charge in [0.05, 0.1) is 5.69 Å². The van der Waals surface area contributed by atoms with Crippen molar-refractivity contribution in [1.29, 1.82) is 0 Å². The number of aryl methyl sites for hydroxylation is 2. The Balaban J connectivity index is 2.53. The van der Waals surface area contributed by atoms with Crippen molar-refractivity contribution in [2.75, 3.05) is 12.4 Å². The fourth-order valence-corrected chi connectivity index (χ4v) is 1.58. The summed E-state index contributed by atoms with van der Waals surface area (Å²) in [5.41, 5.74) is 4.37. The molecule has 0 amide bonds. The Morgan fingerprint density at radius 2 is 1.93 bits per heavy atom. The average molecular weight is 201 g/mol. The second-order valence-electron chi connectivity index (χ2n) is 3.59. The molecular formula is C12H15N3. The normalized spacial score (nSPS) is 10.3. The summed E-state index contributed by atoms with van der Waals surface area (Å²) in [6, 6.07) is 8.13. The topological polar surface area (TPSA) is 40.7 Å². The number of imidazole rings is 1. The second-order valence-corrected chi connectivity index (χ2v) is 3.59. The van der Waals surface area contributed by atoms with Crippen molar-refractivity contribution in [2.24, 2.45) is 0 Å². The summed E-state index contributed by atoms with van der Waals surface area (Å²) in [5.74, 6) is 0.926. The molecule has 78 valence electrons. The number of aromatic nitrogens is 2. The van der Waals surface area contributed by atoms with E-state index in [0.29, 0.717) is 0 Å². The molecule has 1 heterocycles. The standard InChI is InChI=1S/C12H15N3/c1-8-9(2)15-12(14-8)10-6-4-5-7-11(10)13-3/h4-7,13H,1-3H3,(H,14,15). The molecule has 2 aromatic rings. The molecule has 1 aromatic heterocycles. The quantitative estimate of drug-likeness (QED) is 0.784. The van der Waals surface area contributed by atoms with Crippen molar-refractivity contribution in [3.63, 3.8) is 0 Å². The van der Waals surface area contributed by atoms with Gasteiger partial charge in [0.15, 0.2) is 0 Å². The van der Waals surface area contributed by atoms with Crippen LogP contribution < -0.4 is 5.32 Å². The summed E-state index contributed by atoms with van der Waals surface area (Å²) in [7, 11) is 1.92. The molecule has 0 spiro atoms. The number of rotatable bonds is 2. The van der Waals surface area contributed by atoms with Crippen LogP contribution in [0.5, 0.6) is 0 Å². The molecule has 15 heavy (non-hydrogen) atoms. The molecule has 0 aliphatic rings. The molecule has 1 aromatic carbocycles. The first-order valence-corrected chi connectivity index (χ1v) is 5.02. The van der Waals surface area contributed by atoms with Gasteiger partial charge in [-0.15, -0.1) is 0 Å². The van der Waals surface area contributed by atoms with Crippen LogP contribution in [0.2, 0.25) is 0 Å². The maximum absolute atomic E-state index is 4.49. The van der Waals surface area contributed by atoms with Gasteiger partial charge in [-0.1, -0.05) is 12.1 Å². The van der Waals surface area contributed by atoms with Gasteiger partial charge in [0.1, 0.15) is 5.82 Å². The largest absolute Gasteiger partial charge is 0.388 e. The summed E-state index contributed by atoms with van der Waals surface area (Å²) >= 11 is 0. The van der Waals surface area contributed by atoms with Crippen LogP contribution in [0.4, 0.5) is 5.69 Å². The summed E-state index contributed by atoms with van der Waals surface area (Å²) in [5, 5.41) is 3.16. The molecular weight excluding hydrogens is 186 g/mol. The summed E-state index contributed by atoms with van der Waals surface area (Å²) < 4.78 is 0. The first kappa shape index (κ1) is 9.77. The molecule has 0 bridgehead atoms. The van der Waals surface area contributed by atoms with Gasteiger partial charge >= 0.3 is 0 Å². The Morgan fingerprint density at radius 3 is 2.53 bits per heavy atom. The number of nitrogens with zero attached hydrogens (tertiary/aromatic N) is 1. The van der Waals surface area contributed by atoms with Crippen LogP contribution in [0, 0.1) is 13.8 Å². The van der Waals surface area contributed by atoms with Crippen LogP contribution in [0.3, 0.4) is 0 Å². The van der Waals surface area contributed by atoms with Gasteiger partial charge in [-0.2, -0.15) is 0 Å². The van der Waals surface area contributed by atoms with Crippen molar-refractivity contribution >= 4 is 5.69 Å². The van der Waals surface area contributed by atoms with Crippen molar-refractivity contribution < 1.29 is 0 Å². The fraction of sp³-hybridized carbons (Fsp3) is 0.250. The molecule has 0 fully saturated rings. The fourth-order valence-electron chi connectivity index (χ4n) is 1.58. The Morgan fingerprint density at radius 1 is 1.20 bits per heavy atom. The van der Waals surface area contributed by atoms with Crippen LogP contribution >= 0.6 is 0 Å². The third-order valence-corrected chi connectivity index (χ3v) is 2.58. The monoisotopic (exact) mass is 201 g/mol. The van der Waals surface area contributed by atoms with E-state index in [0.717, 1.165) is 28.5 Å². The third-order valence-electron chi connectivity index (χ3n) is 2.58. The Bertz CT molecular complexity index is 452. The summed E-state index contributed by atoms with van der Waals surface area (Å²) in [4.78, 5) is 7.78. The van der Waals surface area contributed by atoms with Crippen molar-refractivity contribution in [1.82, 2.24) is 9.97 Å². The number of benzene rings is 1. The number of H-pyrrole nitrogens is 1. The van der Waals surface area contributed by atoms with E-state index in [1.807, 2.05) is 39.1 Å². The van der Waals surface area contributed by atoms with Gasteiger partial charge in [-0.05, 0) is 26.0 Å².